The largest absolute Gasteiger partial charge is 0.240 e. The molecule has 0 spiro atoms. The second-order valence-corrected chi connectivity index (χ2v) is 5.36. The van der Waals surface area contributed by atoms with E-state index in [1.165, 1.54) is 18.2 Å². The van der Waals surface area contributed by atoms with Crippen molar-refractivity contribution in [3.8, 4) is 22.3 Å². The minimum atomic E-state index is 0.0771. The molecule has 27 heavy (non-hydrogen) atoms. The lowest BCUT2D eigenvalue weighted by molar-refractivity contribution is 0.564. The third-order valence-corrected chi connectivity index (χ3v) is 3.88. The Bertz CT molecular complexity index is 1120. The van der Waals surface area contributed by atoms with Crippen LogP contribution in [0.15, 0.2) is 81.7 Å². The molecule has 3 aromatic rings. The van der Waals surface area contributed by atoms with Crippen LogP contribution < -0.4 is 0 Å². The first-order chi connectivity index (χ1) is 13.3. The van der Waals surface area contributed by atoms with Crippen LogP contribution in [0.3, 0.4) is 0 Å². The van der Waals surface area contributed by atoms with E-state index in [0.29, 0.717) is 16.7 Å². The van der Waals surface area contributed by atoms with Crippen molar-refractivity contribution in [2.24, 2.45) is 15.0 Å². The molecule has 0 fully saturated rings. The topological polar surface area (TPSA) is 88.3 Å². The van der Waals surface area contributed by atoms with Gasteiger partial charge in [0.25, 0.3) is 0 Å². The van der Waals surface area contributed by atoms with Crippen LogP contribution in [0.1, 0.15) is 0 Å². The highest BCUT2D eigenvalue weighted by molar-refractivity contribution is 6.01. The van der Waals surface area contributed by atoms with Gasteiger partial charge in [-0.05, 0) is 17.2 Å². The van der Waals surface area contributed by atoms with Gasteiger partial charge in [-0.2, -0.15) is 15.0 Å². The zero-order valence-electron chi connectivity index (χ0n) is 13.9. The van der Waals surface area contributed by atoms with Gasteiger partial charge >= 0.3 is 0 Å². The summed E-state index contributed by atoms with van der Waals surface area (Å²) in [5.74, 6) is 0. The van der Waals surface area contributed by atoms with Crippen LogP contribution in [0.2, 0.25) is 0 Å². The molecule has 0 bridgehead atoms. The molecule has 0 aliphatic carbocycles. The van der Waals surface area contributed by atoms with Crippen molar-refractivity contribution < 1.29 is 14.4 Å². The first kappa shape index (κ1) is 17.6. The maximum Gasteiger partial charge on any atom is 0.240 e. The van der Waals surface area contributed by atoms with Gasteiger partial charge in [0.05, 0.1) is 5.69 Å². The summed E-state index contributed by atoms with van der Waals surface area (Å²) in [4.78, 5) is 44.3. The molecule has 6 heteroatoms. The number of carbonyl (C=O) groups excluding carboxylic acids is 3. The fourth-order valence-corrected chi connectivity index (χ4v) is 2.82. The summed E-state index contributed by atoms with van der Waals surface area (Å²) in [5, 5.41) is 0. The van der Waals surface area contributed by atoms with Crippen molar-refractivity contribution in [1.29, 1.82) is 0 Å². The quantitative estimate of drug-likeness (QED) is 0.481. The van der Waals surface area contributed by atoms with E-state index in [9.17, 15) is 14.4 Å². The molecular weight excluding hydrogens is 342 g/mol. The van der Waals surface area contributed by atoms with Crippen molar-refractivity contribution in [3.63, 3.8) is 0 Å². The van der Waals surface area contributed by atoms with Gasteiger partial charge < -0.3 is 0 Å². The molecule has 3 rings (SSSR count). The van der Waals surface area contributed by atoms with Crippen molar-refractivity contribution in [3.05, 3.63) is 66.7 Å². The van der Waals surface area contributed by atoms with Crippen molar-refractivity contribution in [2.45, 2.75) is 0 Å². The fourth-order valence-electron chi connectivity index (χ4n) is 2.82. The van der Waals surface area contributed by atoms with Crippen molar-refractivity contribution >= 4 is 35.3 Å². The SMILES string of the molecule is O=C=Nc1cc(-c2ccccc2)c(N=C=O)c(-c2ccccc2)c1N=C=O. The van der Waals surface area contributed by atoms with Crippen LogP contribution in [0, 0.1) is 0 Å². The smallest absolute Gasteiger partial charge is 0.211 e. The van der Waals surface area contributed by atoms with Crippen LogP contribution in [0.25, 0.3) is 22.3 Å². The average Bonchev–Trinajstić information content (AvgIpc) is 2.71. The predicted octanol–water partition coefficient (Wildman–Crippen LogP) is 4.92. The summed E-state index contributed by atoms with van der Waals surface area (Å²) in [6, 6.07) is 19.6. The van der Waals surface area contributed by atoms with Gasteiger partial charge in [-0.15, -0.1) is 0 Å². The van der Waals surface area contributed by atoms with Crippen molar-refractivity contribution in [1.82, 2.24) is 0 Å². The maximum atomic E-state index is 11.1. The van der Waals surface area contributed by atoms with Gasteiger partial charge in [-0.25, -0.2) is 14.4 Å². The molecule has 6 nitrogen and oxygen atoms in total. The zero-order chi connectivity index (χ0) is 19.1. The molecule has 0 saturated heterocycles. The molecule has 0 amide bonds. The van der Waals surface area contributed by atoms with E-state index in [1.807, 2.05) is 36.4 Å². The van der Waals surface area contributed by atoms with Gasteiger partial charge in [0, 0.05) is 11.1 Å². The number of benzene rings is 3. The summed E-state index contributed by atoms with van der Waals surface area (Å²) < 4.78 is 0. The van der Waals surface area contributed by atoms with E-state index in [4.69, 9.17) is 0 Å². The first-order valence-corrected chi connectivity index (χ1v) is 7.85. The Morgan fingerprint density at radius 1 is 0.593 bits per heavy atom. The van der Waals surface area contributed by atoms with Crippen LogP contribution >= 0.6 is 0 Å². The number of hydrogen-bond donors (Lipinski definition) is 0. The minimum Gasteiger partial charge on any atom is -0.211 e. The Kier molecular flexibility index (Phi) is 5.39. The molecule has 0 saturated carbocycles. The van der Waals surface area contributed by atoms with Crippen LogP contribution in [-0.4, -0.2) is 18.2 Å². The Morgan fingerprint density at radius 2 is 1.11 bits per heavy atom. The molecule has 0 atom stereocenters. The molecule has 0 unspecified atom stereocenters. The monoisotopic (exact) mass is 353 g/mol. The Hall–Kier alpha value is -4.20. The highest BCUT2D eigenvalue weighted by Gasteiger charge is 2.20. The summed E-state index contributed by atoms with van der Waals surface area (Å²) in [7, 11) is 0. The lowest BCUT2D eigenvalue weighted by atomic mass is 9.93. The van der Waals surface area contributed by atoms with Gasteiger partial charge in [-0.3, -0.25) is 0 Å². The van der Waals surface area contributed by atoms with Crippen LogP contribution in [0.5, 0.6) is 0 Å². The van der Waals surface area contributed by atoms with E-state index in [2.05, 4.69) is 15.0 Å². The molecule has 128 valence electrons. The van der Waals surface area contributed by atoms with E-state index in [-0.39, 0.29) is 17.1 Å². The summed E-state index contributed by atoms with van der Waals surface area (Å²) in [5.41, 5.74) is 2.76. The van der Waals surface area contributed by atoms with Gasteiger partial charge in [0.15, 0.2) is 0 Å². The minimum absolute atomic E-state index is 0.0771. The van der Waals surface area contributed by atoms with E-state index >= 15 is 0 Å². The third kappa shape index (κ3) is 3.59. The highest BCUT2D eigenvalue weighted by atomic mass is 16.1. The molecule has 0 aliphatic rings. The second-order valence-electron chi connectivity index (χ2n) is 5.36. The highest BCUT2D eigenvalue weighted by Crippen LogP contribution is 2.49. The van der Waals surface area contributed by atoms with Crippen molar-refractivity contribution in [2.75, 3.05) is 0 Å². The van der Waals surface area contributed by atoms with Gasteiger partial charge in [0.2, 0.25) is 18.2 Å². The number of hydrogen-bond acceptors (Lipinski definition) is 6. The zero-order valence-corrected chi connectivity index (χ0v) is 13.9. The lowest BCUT2D eigenvalue weighted by Gasteiger charge is -2.15. The summed E-state index contributed by atoms with van der Waals surface area (Å²) in [6.45, 7) is 0. The maximum absolute atomic E-state index is 11.1. The summed E-state index contributed by atoms with van der Waals surface area (Å²) >= 11 is 0. The van der Waals surface area contributed by atoms with Gasteiger partial charge in [0.1, 0.15) is 11.4 Å². The Morgan fingerprint density at radius 3 is 1.67 bits per heavy atom. The average molecular weight is 353 g/mol. The number of isocyanates is 3. The summed E-state index contributed by atoms with van der Waals surface area (Å²) in [6.07, 6.45) is 4.49. The predicted molar refractivity (Wildman–Crippen MR) is 101 cm³/mol. The van der Waals surface area contributed by atoms with E-state index in [0.717, 1.165) is 5.56 Å². The Labute approximate surface area is 154 Å². The van der Waals surface area contributed by atoms with Gasteiger partial charge in [-0.1, -0.05) is 60.7 Å². The van der Waals surface area contributed by atoms with E-state index in [1.54, 1.807) is 30.3 Å². The van der Waals surface area contributed by atoms with Crippen LogP contribution in [-0.2, 0) is 14.4 Å². The second kappa shape index (κ2) is 8.26. The molecule has 3 aromatic carbocycles. The lowest BCUT2D eigenvalue weighted by Crippen LogP contribution is -1.87. The molecule has 0 aliphatic heterocycles. The Balaban J connectivity index is 2.54. The van der Waals surface area contributed by atoms with E-state index < -0.39 is 0 Å². The number of rotatable bonds is 5. The standard InChI is InChI=1S/C21H11N3O3/c25-12-22-18-11-17(15-7-3-1-4-8-15)20(23-13-26)19(21(18)24-14-27)16-9-5-2-6-10-16/h1-11H. The third-order valence-electron chi connectivity index (χ3n) is 3.88. The number of nitrogens with zero attached hydrogens (tertiary/aromatic N) is 3. The molecule has 0 radical (unpaired) electrons. The molecule has 0 aromatic heterocycles. The molecule has 0 heterocycles. The molecule has 0 N–H and O–H groups in total. The fraction of sp³-hybridized carbons (Fsp3) is 0. The molecular formula is C21H11N3O3. The number of aliphatic imine (C=N–C) groups is 3. The normalized spacial score (nSPS) is 9.48. The van der Waals surface area contributed by atoms with Crippen LogP contribution in [0.4, 0.5) is 17.1 Å². The first-order valence-electron chi connectivity index (χ1n) is 7.85.